The third kappa shape index (κ3) is 3.07. The molecular formula is C18H23N3O5. The molecule has 1 aliphatic heterocycles. The molecule has 26 heavy (non-hydrogen) atoms. The highest BCUT2D eigenvalue weighted by Gasteiger charge is 2.51. The predicted molar refractivity (Wildman–Crippen MR) is 94.9 cm³/mol. The third-order valence-corrected chi connectivity index (χ3v) is 4.90. The highest BCUT2D eigenvalue weighted by molar-refractivity contribution is 6.07. The number of nitrogens with zero attached hydrogens (tertiary/aromatic N) is 2. The molecule has 3 rings (SSSR count). The van der Waals surface area contributed by atoms with Gasteiger partial charge in [-0.1, -0.05) is 19.3 Å². The van der Waals surface area contributed by atoms with Crippen molar-refractivity contribution in [1.82, 2.24) is 10.3 Å². The second-order valence-electron chi connectivity index (χ2n) is 6.38. The number of methoxy groups -OCH3 is 3. The van der Waals surface area contributed by atoms with E-state index in [0.717, 1.165) is 24.3 Å². The van der Waals surface area contributed by atoms with Crippen LogP contribution in [-0.2, 0) is 4.79 Å². The third-order valence-electron chi connectivity index (χ3n) is 4.90. The predicted octanol–water partition coefficient (Wildman–Crippen LogP) is 2.30. The quantitative estimate of drug-likeness (QED) is 0.642. The number of rotatable bonds is 5. The summed E-state index contributed by atoms with van der Waals surface area (Å²) in [7, 11) is 4.56. The van der Waals surface area contributed by atoms with Crippen LogP contribution in [0.25, 0.3) is 0 Å². The zero-order chi connectivity index (χ0) is 18.7. The van der Waals surface area contributed by atoms with Crippen LogP contribution in [0.15, 0.2) is 17.2 Å². The Morgan fingerprint density at radius 1 is 1.04 bits per heavy atom. The summed E-state index contributed by atoms with van der Waals surface area (Å²) < 4.78 is 15.9. The second-order valence-corrected chi connectivity index (χ2v) is 6.38. The maximum atomic E-state index is 12.8. The van der Waals surface area contributed by atoms with Crippen LogP contribution in [0.4, 0.5) is 4.79 Å². The molecule has 0 bridgehead atoms. The first-order valence-corrected chi connectivity index (χ1v) is 8.55. The Labute approximate surface area is 152 Å². The summed E-state index contributed by atoms with van der Waals surface area (Å²) in [5, 5.41) is 7.84. The van der Waals surface area contributed by atoms with Gasteiger partial charge in [0, 0.05) is 12.1 Å². The van der Waals surface area contributed by atoms with Gasteiger partial charge in [-0.25, -0.2) is 4.79 Å². The number of amides is 3. The van der Waals surface area contributed by atoms with Crippen molar-refractivity contribution in [2.24, 2.45) is 5.10 Å². The van der Waals surface area contributed by atoms with Crippen LogP contribution >= 0.6 is 0 Å². The molecule has 0 unspecified atom stereocenters. The van der Waals surface area contributed by atoms with Crippen LogP contribution in [0.1, 0.15) is 37.7 Å². The minimum absolute atomic E-state index is 0.301. The standard InChI is InChI=1S/C18H23N3O5/c1-24-12-9-14(25-2)13(15(10-12)26-3)11-19-21-16(22)18(20-17(21)23)7-5-4-6-8-18/h9-11H,4-8H2,1-3H3,(H,20,23)/b19-11-. The maximum Gasteiger partial charge on any atom is 0.346 e. The Hall–Kier alpha value is -2.77. The first-order valence-electron chi connectivity index (χ1n) is 8.55. The van der Waals surface area contributed by atoms with Gasteiger partial charge >= 0.3 is 6.03 Å². The molecule has 1 N–H and O–H groups in total. The number of benzene rings is 1. The topological polar surface area (TPSA) is 89.5 Å². The van der Waals surface area contributed by atoms with Gasteiger partial charge in [0.2, 0.25) is 0 Å². The van der Waals surface area contributed by atoms with Crippen molar-refractivity contribution in [3.63, 3.8) is 0 Å². The molecule has 2 aliphatic rings. The number of carbonyl (C=O) groups is 2. The van der Waals surface area contributed by atoms with Crippen molar-refractivity contribution in [1.29, 1.82) is 0 Å². The number of urea groups is 1. The maximum absolute atomic E-state index is 12.8. The van der Waals surface area contributed by atoms with Gasteiger partial charge in [-0.3, -0.25) is 4.79 Å². The van der Waals surface area contributed by atoms with Crippen LogP contribution < -0.4 is 19.5 Å². The Morgan fingerprint density at radius 2 is 1.65 bits per heavy atom. The molecule has 3 amide bonds. The number of hydrogen-bond donors (Lipinski definition) is 1. The number of nitrogens with one attached hydrogen (secondary N) is 1. The fourth-order valence-electron chi connectivity index (χ4n) is 3.48. The number of hydrogen-bond acceptors (Lipinski definition) is 6. The van der Waals surface area contributed by atoms with Crippen LogP contribution in [0.5, 0.6) is 17.2 Å². The molecule has 1 heterocycles. The van der Waals surface area contributed by atoms with E-state index < -0.39 is 11.6 Å². The van der Waals surface area contributed by atoms with E-state index in [2.05, 4.69) is 10.4 Å². The van der Waals surface area contributed by atoms with Crippen LogP contribution in [-0.4, -0.2) is 50.0 Å². The summed E-state index contributed by atoms with van der Waals surface area (Å²) in [6.07, 6.45) is 5.62. The molecule has 2 fully saturated rings. The van der Waals surface area contributed by atoms with Crippen molar-refractivity contribution < 1.29 is 23.8 Å². The lowest BCUT2D eigenvalue weighted by Crippen LogP contribution is -2.48. The fourth-order valence-corrected chi connectivity index (χ4v) is 3.48. The van der Waals surface area contributed by atoms with E-state index in [1.165, 1.54) is 20.4 Å². The van der Waals surface area contributed by atoms with Crippen molar-refractivity contribution >= 4 is 18.2 Å². The lowest BCUT2D eigenvalue weighted by atomic mass is 9.82. The number of carbonyl (C=O) groups excluding carboxylic acids is 2. The van der Waals surface area contributed by atoms with Gasteiger partial charge in [-0.2, -0.15) is 5.10 Å². The minimum Gasteiger partial charge on any atom is -0.496 e. The van der Waals surface area contributed by atoms with Gasteiger partial charge in [0.15, 0.2) is 0 Å². The molecule has 8 heteroatoms. The van der Waals surface area contributed by atoms with Crippen molar-refractivity contribution in [2.75, 3.05) is 21.3 Å². The summed E-state index contributed by atoms with van der Waals surface area (Å²) in [5.74, 6) is 1.19. The van der Waals surface area contributed by atoms with E-state index in [-0.39, 0.29) is 5.91 Å². The van der Waals surface area contributed by atoms with Gasteiger partial charge < -0.3 is 19.5 Å². The summed E-state index contributed by atoms with van der Waals surface area (Å²) >= 11 is 0. The molecule has 1 aromatic rings. The van der Waals surface area contributed by atoms with Crippen LogP contribution in [0.2, 0.25) is 0 Å². The van der Waals surface area contributed by atoms with Crippen molar-refractivity contribution in [3.05, 3.63) is 17.7 Å². The monoisotopic (exact) mass is 361 g/mol. The molecule has 0 atom stereocenters. The SMILES string of the molecule is COc1cc(OC)c(/C=N\N2C(=O)NC3(CCCCC3)C2=O)c(OC)c1. The second kappa shape index (κ2) is 7.23. The first kappa shape index (κ1) is 18.0. The van der Waals surface area contributed by atoms with Gasteiger partial charge in [0.1, 0.15) is 22.8 Å². The van der Waals surface area contributed by atoms with Gasteiger partial charge in [0.05, 0.1) is 33.1 Å². The van der Waals surface area contributed by atoms with Crippen LogP contribution in [0, 0.1) is 0 Å². The molecule has 1 saturated heterocycles. The molecular weight excluding hydrogens is 338 g/mol. The largest absolute Gasteiger partial charge is 0.496 e. The Balaban J connectivity index is 1.90. The van der Waals surface area contributed by atoms with E-state index >= 15 is 0 Å². The van der Waals surface area contributed by atoms with Crippen molar-refractivity contribution in [2.45, 2.75) is 37.6 Å². The molecule has 1 spiro atoms. The lowest BCUT2D eigenvalue weighted by molar-refractivity contribution is -0.132. The van der Waals surface area contributed by atoms with Gasteiger partial charge in [0.25, 0.3) is 5.91 Å². The summed E-state index contributed by atoms with van der Waals surface area (Å²) in [5.41, 5.74) is -0.290. The Morgan fingerprint density at radius 3 is 2.19 bits per heavy atom. The molecule has 140 valence electrons. The normalized spacial score (nSPS) is 19.1. The Kier molecular flexibility index (Phi) is 5.01. The Bertz CT molecular complexity index is 715. The number of imide groups is 1. The lowest BCUT2D eigenvalue weighted by Gasteiger charge is -2.29. The van der Waals surface area contributed by atoms with E-state index in [4.69, 9.17) is 14.2 Å². The zero-order valence-electron chi connectivity index (χ0n) is 15.2. The molecule has 0 aromatic heterocycles. The number of ether oxygens (including phenoxy) is 3. The first-order chi connectivity index (χ1) is 12.5. The van der Waals surface area contributed by atoms with E-state index in [9.17, 15) is 9.59 Å². The smallest absolute Gasteiger partial charge is 0.346 e. The molecule has 0 radical (unpaired) electrons. The zero-order valence-corrected chi connectivity index (χ0v) is 15.2. The highest BCUT2D eigenvalue weighted by atomic mass is 16.5. The average molecular weight is 361 g/mol. The average Bonchev–Trinajstić information content (AvgIpc) is 2.89. The van der Waals surface area contributed by atoms with Gasteiger partial charge in [-0.15, -0.1) is 5.01 Å². The number of hydrazone groups is 1. The van der Waals surface area contributed by atoms with Crippen LogP contribution in [0.3, 0.4) is 0 Å². The van der Waals surface area contributed by atoms with Gasteiger partial charge in [-0.05, 0) is 12.8 Å². The summed E-state index contributed by atoms with van der Waals surface area (Å²) in [6, 6.07) is 2.86. The molecule has 1 aromatic carbocycles. The molecule has 1 aliphatic carbocycles. The summed E-state index contributed by atoms with van der Waals surface area (Å²) in [4.78, 5) is 25.1. The molecule has 1 saturated carbocycles. The minimum atomic E-state index is -0.805. The highest BCUT2D eigenvalue weighted by Crippen LogP contribution is 2.35. The summed E-state index contributed by atoms with van der Waals surface area (Å²) in [6.45, 7) is 0. The van der Waals surface area contributed by atoms with E-state index in [0.29, 0.717) is 35.7 Å². The van der Waals surface area contributed by atoms with E-state index in [1.54, 1.807) is 19.2 Å². The van der Waals surface area contributed by atoms with Crippen molar-refractivity contribution in [3.8, 4) is 17.2 Å². The van der Waals surface area contributed by atoms with E-state index in [1.807, 2.05) is 0 Å². The molecule has 8 nitrogen and oxygen atoms in total. The fraction of sp³-hybridized carbons (Fsp3) is 0.500.